The minimum absolute atomic E-state index is 0.356. The van der Waals surface area contributed by atoms with Gasteiger partial charge in [-0.15, -0.1) is 0 Å². The molecule has 0 atom stereocenters. The normalized spacial score (nSPS) is 7.19. The number of carboxylic acid groups (broad SMARTS) is 1. The van der Waals surface area contributed by atoms with E-state index in [1.807, 2.05) is 0 Å². The third-order valence-electron chi connectivity index (χ3n) is 0.573. The summed E-state index contributed by atoms with van der Waals surface area (Å²) >= 11 is 0. The molecule has 8 heteroatoms. The lowest BCUT2D eigenvalue weighted by molar-refractivity contribution is -0.134. The van der Waals surface area contributed by atoms with Gasteiger partial charge in [0.2, 0.25) is 0 Å². The average Bonchev–Trinajstić information content (AvgIpc) is 2.02. The predicted octanol–water partition coefficient (Wildman–Crippen LogP) is 0.294. The van der Waals surface area contributed by atoms with Crippen LogP contribution in [0.2, 0.25) is 0 Å². The van der Waals surface area contributed by atoms with Crippen LogP contribution in [0.5, 0.6) is 0 Å². The third-order valence-corrected chi connectivity index (χ3v) is 0.573. The Morgan fingerprint density at radius 2 is 1.19 bits per heavy atom. The van der Waals surface area contributed by atoms with Crippen LogP contribution < -0.4 is 11.5 Å². The number of hydrogen-bond acceptors (Lipinski definition) is 5. The first-order valence-electron chi connectivity index (χ1n) is 4.31. The lowest BCUT2D eigenvalue weighted by Gasteiger charge is -1.89. The Labute approximate surface area is 93.5 Å². The fourth-order valence-electron chi connectivity index (χ4n) is 0.285. The van der Waals surface area contributed by atoms with Gasteiger partial charge in [-0.3, -0.25) is 4.79 Å². The summed E-state index contributed by atoms with van der Waals surface area (Å²) in [6.45, 7) is 5.19. The molecule has 0 aromatic heterocycles. The van der Waals surface area contributed by atoms with E-state index >= 15 is 0 Å². The van der Waals surface area contributed by atoms with Crippen LogP contribution in [0.3, 0.4) is 0 Å². The zero-order valence-corrected chi connectivity index (χ0v) is 9.56. The molecule has 16 heavy (non-hydrogen) atoms. The van der Waals surface area contributed by atoms with Gasteiger partial charge in [0.25, 0.3) is 5.97 Å². The first kappa shape index (κ1) is 19.6. The number of hydrogen-bond donors (Lipinski definition) is 3. The minimum Gasteiger partial charge on any atom is -0.481 e. The highest BCUT2D eigenvalue weighted by Crippen LogP contribution is 1.66. The van der Waals surface area contributed by atoms with Gasteiger partial charge in [0.05, 0.1) is 13.2 Å². The smallest absolute Gasteiger partial charge is 0.404 e. The Kier molecular flexibility index (Phi) is 18.9. The molecule has 0 aromatic carbocycles. The molecule has 0 fully saturated rings. The minimum atomic E-state index is -0.833. The van der Waals surface area contributed by atoms with Crippen LogP contribution in [0.1, 0.15) is 20.8 Å². The second-order valence-corrected chi connectivity index (χ2v) is 2.02. The Balaban J connectivity index is -0.000000162. The van der Waals surface area contributed by atoms with Crippen LogP contribution in [-0.2, 0) is 14.3 Å². The summed E-state index contributed by atoms with van der Waals surface area (Å²) in [5, 5.41) is 7.42. The highest BCUT2D eigenvalue weighted by molar-refractivity contribution is 5.64. The predicted molar refractivity (Wildman–Crippen MR) is 55.7 cm³/mol. The van der Waals surface area contributed by atoms with Gasteiger partial charge in [-0.2, -0.15) is 0 Å². The van der Waals surface area contributed by atoms with E-state index in [4.69, 9.17) is 9.90 Å². The molecule has 8 nitrogen and oxygen atoms in total. The number of amides is 2. The van der Waals surface area contributed by atoms with E-state index in [2.05, 4.69) is 20.9 Å². The Morgan fingerprint density at radius 3 is 1.19 bits per heavy atom. The molecule has 0 saturated heterocycles. The van der Waals surface area contributed by atoms with Gasteiger partial charge >= 0.3 is 12.2 Å². The SMILES string of the molecule is CC(=O)O.CCOC(N)=O.CCOC(N)=O. The van der Waals surface area contributed by atoms with Crippen LogP contribution in [0.4, 0.5) is 9.59 Å². The van der Waals surface area contributed by atoms with E-state index in [0.717, 1.165) is 6.92 Å². The highest BCUT2D eigenvalue weighted by atomic mass is 16.5. The van der Waals surface area contributed by atoms with Crippen molar-refractivity contribution in [3.8, 4) is 0 Å². The fraction of sp³-hybridized carbons (Fsp3) is 0.625. The number of ether oxygens (including phenoxy) is 2. The summed E-state index contributed by atoms with van der Waals surface area (Å²) < 4.78 is 8.36. The average molecular weight is 238 g/mol. The topological polar surface area (TPSA) is 142 Å². The molecule has 96 valence electrons. The second kappa shape index (κ2) is 15.5. The summed E-state index contributed by atoms with van der Waals surface area (Å²) in [5.41, 5.74) is 9.08. The maximum absolute atomic E-state index is 9.60. The molecule has 0 rings (SSSR count). The summed E-state index contributed by atoms with van der Waals surface area (Å²) in [5.74, 6) is -0.833. The molecule has 0 saturated carbocycles. The molecule has 2 amide bonds. The zero-order valence-electron chi connectivity index (χ0n) is 9.56. The number of aliphatic carboxylic acids is 1. The molecule has 0 aliphatic carbocycles. The molecule has 0 bridgehead atoms. The van der Waals surface area contributed by atoms with Crippen LogP contribution in [0, 0.1) is 0 Å². The van der Waals surface area contributed by atoms with Gasteiger partial charge < -0.3 is 26.0 Å². The summed E-state index contributed by atoms with van der Waals surface area (Å²) in [7, 11) is 0. The van der Waals surface area contributed by atoms with E-state index in [0.29, 0.717) is 13.2 Å². The Bertz CT molecular complexity index is 187. The maximum Gasteiger partial charge on any atom is 0.404 e. The molecular weight excluding hydrogens is 220 g/mol. The van der Waals surface area contributed by atoms with Gasteiger partial charge in [0.15, 0.2) is 0 Å². The third kappa shape index (κ3) is 90.5. The van der Waals surface area contributed by atoms with Crippen molar-refractivity contribution in [2.75, 3.05) is 13.2 Å². The van der Waals surface area contributed by atoms with Crippen molar-refractivity contribution in [1.29, 1.82) is 0 Å². The van der Waals surface area contributed by atoms with Crippen molar-refractivity contribution in [3.05, 3.63) is 0 Å². The fourth-order valence-corrected chi connectivity index (χ4v) is 0.285. The lowest BCUT2D eigenvalue weighted by atomic mass is 10.9. The first-order chi connectivity index (χ1) is 7.27. The Hall–Kier alpha value is -1.99. The van der Waals surface area contributed by atoms with E-state index in [1.54, 1.807) is 13.8 Å². The van der Waals surface area contributed by atoms with Crippen molar-refractivity contribution in [2.45, 2.75) is 20.8 Å². The highest BCUT2D eigenvalue weighted by Gasteiger charge is 1.82. The van der Waals surface area contributed by atoms with Crippen LogP contribution in [-0.4, -0.2) is 36.5 Å². The van der Waals surface area contributed by atoms with E-state index in [-0.39, 0.29) is 0 Å². The van der Waals surface area contributed by atoms with Gasteiger partial charge in [-0.1, -0.05) is 0 Å². The standard InChI is InChI=1S/2C3H7NO2.C2H4O2/c2*1-2-6-3(4)5;1-2(3)4/h2*2H2,1H3,(H2,4,5);1H3,(H,3,4). The van der Waals surface area contributed by atoms with Crippen molar-refractivity contribution in [2.24, 2.45) is 11.5 Å². The van der Waals surface area contributed by atoms with Gasteiger partial charge in [0.1, 0.15) is 0 Å². The Morgan fingerprint density at radius 1 is 1.00 bits per heavy atom. The molecule has 0 aliphatic heterocycles. The van der Waals surface area contributed by atoms with Crippen LogP contribution in [0.15, 0.2) is 0 Å². The second-order valence-electron chi connectivity index (χ2n) is 2.02. The van der Waals surface area contributed by atoms with Gasteiger partial charge in [0, 0.05) is 6.92 Å². The summed E-state index contributed by atoms with van der Waals surface area (Å²) in [6, 6.07) is 0. The molecular formula is C8H18N2O6. The largest absolute Gasteiger partial charge is 0.481 e. The zero-order chi connectivity index (χ0) is 13.6. The number of nitrogens with two attached hydrogens (primary N) is 2. The molecule has 0 radical (unpaired) electrons. The number of primary amides is 2. The number of carbonyl (C=O) groups is 3. The van der Waals surface area contributed by atoms with Crippen molar-refractivity contribution < 1.29 is 29.0 Å². The molecule has 0 heterocycles. The van der Waals surface area contributed by atoms with E-state index < -0.39 is 18.2 Å². The quantitative estimate of drug-likeness (QED) is 0.631. The van der Waals surface area contributed by atoms with Gasteiger partial charge in [-0.25, -0.2) is 9.59 Å². The first-order valence-corrected chi connectivity index (χ1v) is 4.31. The molecule has 0 spiro atoms. The number of carboxylic acids is 1. The van der Waals surface area contributed by atoms with Gasteiger partial charge in [-0.05, 0) is 13.8 Å². The number of carbonyl (C=O) groups excluding carboxylic acids is 2. The van der Waals surface area contributed by atoms with Crippen molar-refractivity contribution in [3.63, 3.8) is 0 Å². The monoisotopic (exact) mass is 238 g/mol. The summed E-state index contributed by atoms with van der Waals surface area (Å²) in [4.78, 5) is 28.2. The van der Waals surface area contributed by atoms with E-state index in [1.165, 1.54) is 0 Å². The molecule has 0 aliphatic rings. The molecule has 5 N–H and O–H groups in total. The van der Waals surface area contributed by atoms with Crippen molar-refractivity contribution in [1.82, 2.24) is 0 Å². The number of rotatable bonds is 2. The lowest BCUT2D eigenvalue weighted by Crippen LogP contribution is -2.11. The van der Waals surface area contributed by atoms with Crippen molar-refractivity contribution >= 4 is 18.2 Å². The molecule has 0 unspecified atom stereocenters. The summed E-state index contributed by atoms with van der Waals surface area (Å²) in [6.07, 6.45) is -1.42. The molecule has 0 aromatic rings. The van der Waals surface area contributed by atoms with Crippen LogP contribution >= 0.6 is 0 Å². The maximum atomic E-state index is 9.60. The van der Waals surface area contributed by atoms with Crippen LogP contribution in [0.25, 0.3) is 0 Å². The van der Waals surface area contributed by atoms with E-state index in [9.17, 15) is 9.59 Å².